The Balaban J connectivity index is 1.55. The number of hydrogen-bond donors (Lipinski definition) is 4. The Hall–Kier alpha value is -3.82. The van der Waals surface area contributed by atoms with Crippen LogP contribution >= 0.6 is 11.3 Å². The molecule has 2 heterocycles. The van der Waals surface area contributed by atoms with Gasteiger partial charge in [0.15, 0.2) is 0 Å². The number of aromatic nitrogens is 1. The van der Waals surface area contributed by atoms with Gasteiger partial charge in [-0.25, -0.2) is 4.98 Å². The highest BCUT2D eigenvalue weighted by Crippen LogP contribution is 2.45. The predicted molar refractivity (Wildman–Crippen MR) is 157 cm³/mol. The molecule has 1 aliphatic carbocycles. The average Bonchev–Trinajstić information content (AvgIpc) is 3.49. The fourth-order valence-corrected chi connectivity index (χ4v) is 5.97. The van der Waals surface area contributed by atoms with Crippen LogP contribution in [0.15, 0.2) is 29.8 Å². The van der Waals surface area contributed by atoms with Crippen LogP contribution in [0.2, 0.25) is 0 Å². The van der Waals surface area contributed by atoms with E-state index < -0.39 is 52.8 Å². The lowest BCUT2D eigenvalue weighted by atomic mass is 9.85. The highest BCUT2D eigenvalue weighted by molar-refractivity contribution is 7.13. The van der Waals surface area contributed by atoms with E-state index in [1.165, 1.54) is 23.3 Å². The molecule has 1 aliphatic heterocycles. The molecule has 224 valence electrons. The maximum atomic E-state index is 13.9. The van der Waals surface area contributed by atoms with Crippen LogP contribution in [0.5, 0.6) is 0 Å². The summed E-state index contributed by atoms with van der Waals surface area (Å²) in [6.45, 7) is 7.23. The van der Waals surface area contributed by atoms with Gasteiger partial charge >= 0.3 is 0 Å². The van der Waals surface area contributed by atoms with Crippen LogP contribution in [-0.2, 0) is 19.2 Å². The van der Waals surface area contributed by atoms with Gasteiger partial charge in [0.25, 0.3) is 0 Å². The number of benzene rings is 1. The van der Waals surface area contributed by atoms with Crippen LogP contribution in [0.25, 0.3) is 10.4 Å². The largest absolute Gasteiger partial charge is 0.391 e. The topological polar surface area (TPSA) is 165 Å². The third-order valence-electron chi connectivity index (χ3n) is 7.96. The molecule has 0 spiro atoms. The van der Waals surface area contributed by atoms with Crippen molar-refractivity contribution in [1.82, 2.24) is 25.8 Å². The molecule has 2 fully saturated rings. The van der Waals surface area contributed by atoms with Crippen molar-refractivity contribution in [2.75, 3.05) is 13.6 Å². The fourth-order valence-electron chi connectivity index (χ4n) is 5.16. The third-order valence-corrected chi connectivity index (χ3v) is 8.94. The molecule has 1 aromatic heterocycles. The Morgan fingerprint density at radius 2 is 1.86 bits per heavy atom. The first kappa shape index (κ1) is 31.1. The van der Waals surface area contributed by atoms with Crippen molar-refractivity contribution in [1.29, 1.82) is 5.26 Å². The zero-order valence-electron chi connectivity index (χ0n) is 24.6. The number of rotatable bonds is 9. The number of hydrogen-bond acceptors (Lipinski definition) is 8. The SMILES string of the molecule is CNC(=O)C[C@H](NC(=O)[C@@H]1C[C@@H](O)CN1C(=O)[C@@H](NC(=O)C1(C#N)CC1)C(C)(C)C)c1ccc(-c2scnc2C)cc1. The molecule has 4 N–H and O–H groups in total. The molecule has 1 saturated heterocycles. The standard InChI is InChI=1S/C30H38N6O5S/c1-17-24(42-16-33-17)19-8-6-18(7-9-19)21(13-23(38)32-5)34-26(39)22-12-20(37)14-36(22)27(40)25(29(2,3)4)35-28(41)30(15-31)10-11-30/h6-9,16,20-22,25,37H,10-14H2,1-5H3,(H,32,38)(H,34,39)(H,35,41)/t20-,21+,22+,25-/m1/s1. The van der Waals surface area contributed by atoms with E-state index in [1.807, 2.05) is 37.3 Å². The van der Waals surface area contributed by atoms with Crippen molar-refractivity contribution < 1.29 is 24.3 Å². The van der Waals surface area contributed by atoms with E-state index in [4.69, 9.17) is 0 Å². The molecule has 0 bridgehead atoms. The van der Waals surface area contributed by atoms with E-state index >= 15 is 0 Å². The number of thiazole rings is 1. The Kier molecular flexibility index (Phi) is 9.03. The smallest absolute Gasteiger partial charge is 0.246 e. The maximum absolute atomic E-state index is 13.9. The number of aliphatic hydroxyl groups excluding tert-OH is 1. The molecule has 2 aliphatic rings. The summed E-state index contributed by atoms with van der Waals surface area (Å²) in [7, 11) is 1.52. The minimum atomic E-state index is -1.12. The van der Waals surface area contributed by atoms with Crippen molar-refractivity contribution in [3.8, 4) is 16.5 Å². The fraction of sp³-hybridized carbons (Fsp3) is 0.533. The van der Waals surface area contributed by atoms with E-state index in [0.29, 0.717) is 18.4 Å². The lowest BCUT2D eigenvalue weighted by Crippen LogP contribution is -2.58. The number of carbonyl (C=O) groups excluding carboxylic acids is 4. The number of likely N-dealkylation sites (tertiary alicyclic amines) is 1. The first-order chi connectivity index (χ1) is 19.8. The van der Waals surface area contributed by atoms with Crippen LogP contribution in [0, 0.1) is 29.1 Å². The maximum Gasteiger partial charge on any atom is 0.246 e. The molecule has 1 aromatic carbocycles. The number of nitrogens with one attached hydrogen (secondary N) is 3. The minimum absolute atomic E-state index is 0.0147. The molecular formula is C30H38N6O5S. The molecular weight excluding hydrogens is 556 g/mol. The Labute approximate surface area is 249 Å². The van der Waals surface area contributed by atoms with Crippen LogP contribution < -0.4 is 16.0 Å². The zero-order chi connectivity index (χ0) is 30.8. The van der Waals surface area contributed by atoms with E-state index in [2.05, 4.69) is 20.9 Å². The summed E-state index contributed by atoms with van der Waals surface area (Å²) in [5, 5.41) is 28.2. The van der Waals surface area contributed by atoms with Crippen molar-refractivity contribution in [2.45, 2.75) is 77.6 Å². The van der Waals surface area contributed by atoms with Gasteiger partial charge in [-0.05, 0) is 36.3 Å². The first-order valence-electron chi connectivity index (χ1n) is 14.0. The summed E-state index contributed by atoms with van der Waals surface area (Å²) in [5.41, 5.74) is 2.52. The van der Waals surface area contributed by atoms with Gasteiger partial charge in [-0.1, -0.05) is 45.0 Å². The van der Waals surface area contributed by atoms with E-state index in [0.717, 1.165) is 16.1 Å². The Morgan fingerprint density at radius 3 is 2.38 bits per heavy atom. The van der Waals surface area contributed by atoms with Gasteiger partial charge in [-0.2, -0.15) is 5.26 Å². The van der Waals surface area contributed by atoms with Crippen molar-refractivity contribution in [2.24, 2.45) is 10.8 Å². The van der Waals surface area contributed by atoms with Gasteiger partial charge in [0.1, 0.15) is 17.5 Å². The van der Waals surface area contributed by atoms with Gasteiger partial charge in [0.05, 0.1) is 40.7 Å². The van der Waals surface area contributed by atoms with Gasteiger partial charge in [-0.3, -0.25) is 19.2 Å². The minimum Gasteiger partial charge on any atom is -0.391 e. The molecule has 0 radical (unpaired) electrons. The predicted octanol–water partition coefficient (Wildman–Crippen LogP) is 2.21. The molecule has 2 aromatic rings. The quantitative estimate of drug-likeness (QED) is 0.346. The molecule has 42 heavy (non-hydrogen) atoms. The molecule has 0 unspecified atom stereocenters. The highest BCUT2D eigenvalue weighted by atomic mass is 32.1. The third kappa shape index (κ3) is 6.63. The number of aliphatic hydroxyl groups is 1. The number of amides is 4. The number of aryl methyl sites for hydroxylation is 1. The zero-order valence-corrected chi connectivity index (χ0v) is 25.4. The number of carbonyl (C=O) groups is 4. The summed E-state index contributed by atoms with van der Waals surface area (Å²) in [4.78, 5) is 59.4. The lowest BCUT2D eigenvalue weighted by molar-refractivity contribution is -0.144. The molecule has 4 amide bonds. The molecule has 11 nitrogen and oxygen atoms in total. The van der Waals surface area contributed by atoms with Crippen LogP contribution in [0.4, 0.5) is 0 Å². The van der Waals surface area contributed by atoms with E-state index in [1.54, 1.807) is 26.3 Å². The van der Waals surface area contributed by atoms with E-state index in [-0.39, 0.29) is 25.3 Å². The normalized spacial score (nSPS) is 20.6. The summed E-state index contributed by atoms with van der Waals surface area (Å²) in [6.07, 6.45) is -0.0759. The van der Waals surface area contributed by atoms with Gasteiger partial charge in [0.2, 0.25) is 23.6 Å². The van der Waals surface area contributed by atoms with Crippen LogP contribution in [0.1, 0.15) is 63.8 Å². The summed E-state index contributed by atoms with van der Waals surface area (Å²) in [6, 6.07) is 6.87. The summed E-state index contributed by atoms with van der Waals surface area (Å²) in [5.74, 6) is -1.79. The second-order valence-electron chi connectivity index (χ2n) is 12.2. The van der Waals surface area contributed by atoms with E-state index in [9.17, 15) is 29.5 Å². The molecule has 12 heteroatoms. The molecule has 1 saturated carbocycles. The first-order valence-corrected chi connectivity index (χ1v) is 14.9. The monoisotopic (exact) mass is 594 g/mol. The summed E-state index contributed by atoms with van der Waals surface area (Å²) >= 11 is 1.53. The highest BCUT2D eigenvalue weighted by Gasteiger charge is 2.53. The van der Waals surface area contributed by atoms with Crippen molar-refractivity contribution >= 4 is 35.0 Å². The van der Waals surface area contributed by atoms with Gasteiger partial charge < -0.3 is 26.0 Å². The molecule has 4 atom stereocenters. The second kappa shape index (κ2) is 12.2. The van der Waals surface area contributed by atoms with Gasteiger partial charge in [-0.15, -0.1) is 11.3 Å². The number of nitriles is 1. The lowest BCUT2D eigenvalue weighted by Gasteiger charge is -2.36. The Morgan fingerprint density at radius 1 is 1.19 bits per heavy atom. The number of nitrogens with zero attached hydrogens (tertiary/aromatic N) is 3. The van der Waals surface area contributed by atoms with Crippen LogP contribution in [0.3, 0.4) is 0 Å². The van der Waals surface area contributed by atoms with Gasteiger partial charge in [0, 0.05) is 20.0 Å². The Bertz CT molecular complexity index is 1390. The summed E-state index contributed by atoms with van der Waals surface area (Å²) < 4.78 is 0. The average molecular weight is 595 g/mol. The van der Waals surface area contributed by atoms with Crippen LogP contribution in [-0.4, -0.2) is 70.4 Å². The number of β-amino-alcohol motifs (C(OH)–C–C–N with tert-alkyl or cyclic N) is 1. The second-order valence-corrected chi connectivity index (χ2v) is 13.0. The van der Waals surface area contributed by atoms with Crippen molar-refractivity contribution in [3.63, 3.8) is 0 Å². The van der Waals surface area contributed by atoms with Crippen molar-refractivity contribution in [3.05, 3.63) is 41.0 Å². The molecule has 4 rings (SSSR count).